The summed E-state index contributed by atoms with van der Waals surface area (Å²) in [5.41, 5.74) is 2.61. The Hall–Kier alpha value is -2.47. The van der Waals surface area contributed by atoms with E-state index in [0.717, 1.165) is 16.7 Å². The van der Waals surface area contributed by atoms with Crippen LogP contribution in [0.15, 0.2) is 89.8 Å². The minimum absolute atomic E-state index is 0.251. The Balaban J connectivity index is 1.68. The number of morpholine rings is 1. The number of benzene rings is 3. The summed E-state index contributed by atoms with van der Waals surface area (Å²) < 4.78 is 34.2. The van der Waals surface area contributed by atoms with E-state index in [9.17, 15) is 8.42 Å². The minimum Gasteiger partial charge on any atom is -0.371 e. The first-order valence-corrected chi connectivity index (χ1v) is 10.4. The third-order valence-electron chi connectivity index (χ3n) is 4.79. The molecule has 0 amide bonds. The lowest BCUT2D eigenvalue weighted by atomic mass is 10.1. The van der Waals surface area contributed by atoms with E-state index in [4.69, 9.17) is 4.74 Å². The Bertz CT molecular complexity index is 1000. The lowest BCUT2D eigenvalue weighted by Gasteiger charge is -2.32. The summed E-state index contributed by atoms with van der Waals surface area (Å²) in [7, 11) is -3.63. The van der Waals surface area contributed by atoms with Gasteiger partial charge >= 0.3 is 0 Å². The van der Waals surface area contributed by atoms with Crippen molar-refractivity contribution in [1.82, 2.24) is 4.31 Å². The first-order chi connectivity index (χ1) is 13.2. The van der Waals surface area contributed by atoms with Gasteiger partial charge in [0.2, 0.25) is 10.0 Å². The average molecular weight is 379 g/mol. The number of ether oxygens (including phenoxy) is 1. The number of rotatable bonds is 4. The van der Waals surface area contributed by atoms with Crippen LogP contribution in [0.2, 0.25) is 0 Å². The lowest BCUT2D eigenvalue weighted by Crippen LogP contribution is -2.42. The zero-order valence-corrected chi connectivity index (χ0v) is 15.7. The summed E-state index contributed by atoms with van der Waals surface area (Å²) in [6.45, 7) is 1.05. The van der Waals surface area contributed by atoms with Crippen molar-refractivity contribution in [3.8, 4) is 11.1 Å². The Morgan fingerprint density at radius 3 is 2.19 bits per heavy atom. The lowest BCUT2D eigenvalue weighted by molar-refractivity contribution is -0.00254. The van der Waals surface area contributed by atoms with Gasteiger partial charge in [0.15, 0.2) is 0 Å². The van der Waals surface area contributed by atoms with Crippen LogP contribution < -0.4 is 0 Å². The molecule has 0 spiro atoms. The molecule has 1 atom stereocenters. The second kappa shape index (κ2) is 7.64. The van der Waals surface area contributed by atoms with Crippen molar-refractivity contribution in [2.24, 2.45) is 0 Å². The molecule has 0 bridgehead atoms. The molecule has 0 aliphatic carbocycles. The standard InChI is InChI=1S/C22H21NO3S/c24-27(25,22-14-8-7-13-20(22)18-9-3-1-4-10-18)23-15-16-26-21(17-23)19-11-5-2-6-12-19/h1-14,21H,15-17H2. The maximum absolute atomic E-state index is 13.4. The first kappa shape index (κ1) is 17.9. The molecule has 5 heteroatoms. The second-order valence-electron chi connectivity index (χ2n) is 6.50. The molecule has 0 N–H and O–H groups in total. The Morgan fingerprint density at radius 2 is 1.44 bits per heavy atom. The fourth-order valence-corrected chi connectivity index (χ4v) is 5.04. The van der Waals surface area contributed by atoms with Gasteiger partial charge in [-0.05, 0) is 17.2 Å². The van der Waals surface area contributed by atoms with Crippen LogP contribution >= 0.6 is 0 Å². The highest BCUT2D eigenvalue weighted by Crippen LogP contribution is 2.32. The third-order valence-corrected chi connectivity index (χ3v) is 6.71. The number of sulfonamides is 1. The van der Waals surface area contributed by atoms with Crippen LogP contribution in [-0.4, -0.2) is 32.4 Å². The van der Waals surface area contributed by atoms with Gasteiger partial charge in [0.25, 0.3) is 0 Å². The van der Waals surface area contributed by atoms with Crippen LogP contribution in [0, 0.1) is 0 Å². The van der Waals surface area contributed by atoms with Crippen LogP contribution in [0.3, 0.4) is 0 Å². The van der Waals surface area contributed by atoms with E-state index in [2.05, 4.69) is 0 Å². The molecule has 1 saturated heterocycles. The van der Waals surface area contributed by atoms with Crippen LogP contribution in [0.1, 0.15) is 11.7 Å². The van der Waals surface area contributed by atoms with Crippen LogP contribution in [0.5, 0.6) is 0 Å². The van der Waals surface area contributed by atoms with E-state index in [1.807, 2.05) is 72.8 Å². The number of nitrogens with zero attached hydrogens (tertiary/aromatic N) is 1. The maximum atomic E-state index is 13.4. The molecule has 4 rings (SSSR count). The molecule has 0 aromatic heterocycles. The molecule has 0 saturated carbocycles. The highest BCUT2D eigenvalue weighted by Gasteiger charge is 2.32. The molecular formula is C22H21NO3S. The van der Waals surface area contributed by atoms with Crippen molar-refractivity contribution in [2.75, 3.05) is 19.7 Å². The maximum Gasteiger partial charge on any atom is 0.243 e. The highest BCUT2D eigenvalue weighted by molar-refractivity contribution is 7.89. The van der Waals surface area contributed by atoms with E-state index in [0.29, 0.717) is 24.6 Å². The van der Waals surface area contributed by atoms with Gasteiger partial charge in [-0.2, -0.15) is 4.31 Å². The molecule has 0 radical (unpaired) electrons. The number of hydrogen-bond acceptors (Lipinski definition) is 3. The summed E-state index contributed by atoms with van der Waals surface area (Å²) >= 11 is 0. The first-order valence-electron chi connectivity index (χ1n) is 8.97. The van der Waals surface area contributed by atoms with Gasteiger partial charge in [0, 0.05) is 18.7 Å². The van der Waals surface area contributed by atoms with Crippen LogP contribution in [-0.2, 0) is 14.8 Å². The zero-order valence-electron chi connectivity index (χ0n) is 14.9. The van der Waals surface area contributed by atoms with Gasteiger partial charge in [0.1, 0.15) is 0 Å². The van der Waals surface area contributed by atoms with Gasteiger partial charge < -0.3 is 4.74 Å². The largest absolute Gasteiger partial charge is 0.371 e. The van der Waals surface area contributed by atoms with Gasteiger partial charge in [-0.15, -0.1) is 0 Å². The van der Waals surface area contributed by atoms with Crippen LogP contribution in [0.4, 0.5) is 0 Å². The van der Waals surface area contributed by atoms with Crippen molar-refractivity contribution >= 4 is 10.0 Å². The van der Waals surface area contributed by atoms with Gasteiger partial charge in [-0.3, -0.25) is 0 Å². The topological polar surface area (TPSA) is 46.6 Å². The van der Waals surface area contributed by atoms with Crippen molar-refractivity contribution in [3.05, 3.63) is 90.5 Å². The number of hydrogen-bond donors (Lipinski definition) is 0. The molecule has 1 unspecified atom stereocenters. The molecule has 1 fully saturated rings. The second-order valence-corrected chi connectivity index (χ2v) is 8.40. The summed E-state index contributed by atoms with van der Waals surface area (Å²) in [6.07, 6.45) is -0.251. The predicted molar refractivity (Wildman–Crippen MR) is 106 cm³/mol. The summed E-state index contributed by atoms with van der Waals surface area (Å²) in [5, 5.41) is 0. The van der Waals surface area contributed by atoms with Crippen LogP contribution in [0.25, 0.3) is 11.1 Å². The van der Waals surface area contributed by atoms with Crippen molar-refractivity contribution in [1.29, 1.82) is 0 Å². The van der Waals surface area contributed by atoms with E-state index in [1.54, 1.807) is 12.1 Å². The van der Waals surface area contributed by atoms with E-state index in [-0.39, 0.29) is 6.10 Å². The molecule has 27 heavy (non-hydrogen) atoms. The molecule has 138 valence electrons. The zero-order chi connectivity index (χ0) is 18.7. The highest BCUT2D eigenvalue weighted by atomic mass is 32.2. The molecule has 4 nitrogen and oxygen atoms in total. The summed E-state index contributed by atoms with van der Waals surface area (Å²) in [5.74, 6) is 0. The quantitative estimate of drug-likeness (QED) is 0.685. The molecule has 1 aliphatic rings. The average Bonchev–Trinajstić information content (AvgIpc) is 2.75. The van der Waals surface area contributed by atoms with Gasteiger partial charge in [0.05, 0.1) is 17.6 Å². The Labute approximate surface area is 160 Å². The van der Waals surface area contributed by atoms with Crippen molar-refractivity contribution in [3.63, 3.8) is 0 Å². The summed E-state index contributed by atoms with van der Waals surface area (Å²) in [6, 6.07) is 26.6. The minimum atomic E-state index is -3.63. The molecule has 3 aromatic rings. The monoisotopic (exact) mass is 379 g/mol. The van der Waals surface area contributed by atoms with Crippen molar-refractivity contribution < 1.29 is 13.2 Å². The van der Waals surface area contributed by atoms with E-state index < -0.39 is 10.0 Å². The van der Waals surface area contributed by atoms with E-state index in [1.165, 1.54) is 4.31 Å². The van der Waals surface area contributed by atoms with Gasteiger partial charge in [-0.1, -0.05) is 78.9 Å². The summed E-state index contributed by atoms with van der Waals surface area (Å²) in [4.78, 5) is 0.338. The van der Waals surface area contributed by atoms with Crippen molar-refractivity contribution in [2.45, 2.75) is 11.0 Å². The normalized spacial score (nSPS) is 18.3. The van der Waals surface area contributed by atoms with Gasteiger partial charge in [-0.25, -0.2) is 8.42 Å². The fraction of sp³-hybridized carbons (Fsp3) is 0.182. The third kappa shape index (κ3) is 3.67. The van der Waals surface area contributed by atoms with E-state index >= 15 is 0 Å². The molecule has 1 aliphatic heterocycles. The SMILES string of the molecule is O=S(=O)(c1ccccc1-c1ccccc1)N1CCOC(c2ccccc2)C1. The fourth-order valence-electron chi connectivity index (χ4n) is 3.40. The molecular weight excluding hydrogens is 358 g/mol. The molecule has 3 aromatic carbocycles. The molecule has 1 heterocycles. The Kier molecular flexibility index (Phi) is 5.07. The Morgan fingerprint density at radius 1 is 0.815 bits per heavy atom. The smallest absolute Gasteiger partial charge is 0.243 e. The predicted octanol–water partition coefficient (Wildman–Crippen LogP) is 4.12.